The summed E-state index contributed by atoms with van der Waals surface area (Å²) in [6, 6.07) is 13.2. The lowest BCUT2D eigenvalue weighted by atomic mass is 10.2. The number of methoxy groups -OCH3 is 1. The zero-order chi connectivity index (χ0) is 15.2. The molecule has 0 heterocycles. The van der Waals surface area contributed by atoms with E-state index in [4.69, 9.17) is 4.74 Å². The van der Waals surface area contributed by atoms with E-state index in [-0.39, 0.29) is 12.5 Å². The van der Waals surface area contributed by atoms with E-state index in [0.29, 0.717) is 11.4 Å². The Balaban J connectivity index is 1.94. The number of hydrogen-bond acceptors (Lipinski definition) is 3. The molecule has 0 fully saturated rings. The SMILES string of the molecule is COc1ccccc1NC(=O)CNc1ccc(Br)c(C)c1. The molecule has 4 nitrogen and oxygen atoms in total. The number of halogens is 1. The van der Waals surface area contributed by atoms with E-state index in [1.165, 1.54) is 0 Å². The maximum atomic E-state index is 12.0. The molecule has 0 saturated carbocycles. The molecule has 0 saturated heterocycles. The lowest BCUT2D eigenvalue weighted by Crippen LogP contribution is -2.22. The van der Waals surface area contributed by atoms with E-state index >= 15 is 0 Å². The quantitative estimate of drug-likeness (QED) is 0.863. The first-order chi connectivity index (χ1) is 10.1. The first kappa shape index (κ1) is 15.4. The third kappa shape index (κ3) is 4.23. The van der Waals surface area contributed by atoms with E-state index in [0.717, 1.165) is 15.7 Å². The molecule has 0 aromatic heterocycles. The second-order valence-electron chi connectivity index (χ2n) is 4.57. The highest BCUT2D eigenvalue weighted by Crippen LogP contribution is 2.23. The molecule has 1 amide bonds. The fourth-order valence-corrected chi connectivity index (χ4v) is 2.13. The number of aryl methyl sites for hydroxylation is 1. The Morgan fingerprint density at radius 2 is 2.00 bits per heavy atom. The van der Waals surface area contributed by atoms with Gasteiger partial charge < -0.3 is 15.4 Å². The van der Waals surface area contributed by atoms with Crippen LogP contribution in [0, 0.1) is 6.92 Å². The van der Waals surface area contributed by atoms with Crippen molar-refractivity contribution >= 4 is 33.2 Å². The second-order valence-corrected chi connectivity index (χ2v) is 5.42. The Hall–Kier alpha value is -2.01. The van der Waals surface area contributed by atoms with Gasteiger partial charge in [0.1, 0.15) is 5.75 Å². The van der Waals surface area contributed by atoms with E-state index in [2.05, 4.69) is 26.6 Å². The average Bonchev–Trinajstić information content (AvgIpc) is 2.49. The summed E-state index contributed by atoms with van der Waals surface area (Å²) in [6.07, 6.45) is 0. The number of ether oxygens (including phenoxy) is 1. The summed E-state index contributed by atoms with van der Waals surface area (Å²) in [5.74, 6) is 0.519. The molecule has 2 aromatic rings. The number of amides is 1. The number of benzene rings is 2. The average molecular weight is 349 g/mol. The third-order valence-corrected chi connectivity index (χ3v) is 3.88. The maximum absolute atomic E-state index is 12.0. The number of nitrogens with one attached hydrogen (secondary N) is 2. The molecule has 2 N–H and O–H groups in total. The summed E-state index contributed by atoms with van der Waals surface area (Å²) < 4.78 is 6.25. The standard InChI is InChI=1S/C16H17BrN2O2/c1-11-9-12(7-8-13(11)17)18-10-16(20)19-14-5-3-4-6-15(14)21-2/h3-9,18H,10H2,1-2H3,(H,19,20). The molecule has 0 radical (unpaired) electrons. The molecule has 0 aliphatic rings. The van der Waals surface area contributed by atoms with Gasteiger partial charge in [-0.3, -0.25) is 4.79 Å². The second kappa shape index (κ2) is 7.13. The number of carbonyl (C=O) groups is 1. The van der Waals surface area contributed by atoms with Crippen molar-refractivity contribution in [1.29, 1.82) is 0 Å². The van der Waals surface area contributed by atoms with Crippen molar-refractivity contribution in [1.82, 2.24) is 0 Å². The highest BCUT2D eigenvalue weighted by Gasteiger charge is 2.06. The molecule has 0 aliphatic carbocycles. The van der Waals surface area contributed by atoms with Crippen LogP contribution in [0.15, 0.2) is 46.9 Å². The Kier molecular flexibility index (Phi) is 5.22. The summed E-state index contributed by atoms with van der Waals surface area (Å²) in [5, 5.41) is 5.92. The van der Waals surface area contributed by atoms with Crippen molar-refractivity contribution < 1.29 is 9.53 Å². The van der Waals surface area contributed by atoms with Crippen LogP contribution >= 0.6 is 15.9 Å². The van der Waals surface area contributed by atoms with Crippen molar-refractivity contribution in [3.8, 4) is 5.75 Å². The monoisotopic (exact) mass is 348 g/mol. The van der Waals surface area contributed by atoms with E-state index in [1.54, 1.807) is 19.2 Å². The highest BCUT2D eigenvalue weighted by atomic mass is 79.9. The first-order valence-electron chi connectivity index (χ1n) is 6.53. The Morgan fingerprint density at radius 1 is 1.24 bits per heavy atom. The molecule has 0 spiro atoms. The van der Waals surface area contributed by atoms with Crippen LogP contribution in [0.1, 0.15) is 5.56 Å². The number of hydrogen-bond donors (Lipinski definition) is 2. The number of para-hydroxylation sites is 2. The van der Waals surface area contributed by atoms with Crippen LogP contribution in [-0.2, 0) is 4.79 Å². The minimum atomic E-state index is -0.125. The van der Waals surface area contributed by atoms with Crippen LogP contribution in [0.5, 0.6) is 5.75 Å². The van der Waals surface area contributed by atoms with Gasteiger partial charge in [0.15, 0.2) is 0 Å². The topological polar surface area (TPSA) is 50.4 Å². The number of rotatable bonds is 5. The molecule has 0 unspecified atom stereocenters. The molecular formula is C16H17BrN2O2. The molecule has 2 aromatic carbocycles. The van der Waals surface area contributed by atoms with Gasteiger partial charge in [0.25, 0.3) is 0 Å². The molecule has 0 bridgehead atoms. The first-order valence-corrected chi connectivity index (χ1v) is 7.32. The van der Waals surface area contributed by atoms with Crippen molar-refractivity contribution in [3.05, 3.63) is 52.5 Å². The van der Waals surface area contributed by atoms with E-state index in [9.17, 15) is 4.79 Å². The molecular weight excluding hydrogens is 332 g/mol. The lowest BCUT2D eigenvalue weighted by molar-refractivity contribution is -0.114. The van der Waals surface area contributed by atoms with Gasteiger partial charge in [-0.05, 0) is 42.8 Å². The molecule has 21 heavy (non-hydrogen) atoms. The van der Waals surface area contributed by atoms with Crippen LogP contribution < -0.4 is 15.4 Å². The predicted molar refractivity (Wildman–Crippen MR) is 89.0 cm³/mol. The van der Waals surface area contributed by atoms with Crippen molar-refractivity contribution in [2.75, 3.05) is 24.3 Å². The summed E-state index contributed by atoms with van der Waals surface area (Å²) in [6.45, 7) is 2.20. The predicted octanol–water partition coefficient (Wildman–Crippen LogP) is 3.82. The van der Waals surface area contributed by atoms with Gasteiger partial charge in [-0.25, -0.2) is 0 Å². The summed E-state index contributed by atoms with van der Waals surface area (Å²) in [7, 11) is 1.58. The fourth-order valence-electron chi connectivity index (χ4n) is 1.88. The molecule has 0 aliphatic heterocycles. The Labute approximate surface area is 132 Å². The molecule has 5 heteroatoms. The van der Waals surface area contributed by atoms with E-state index in [1.807, 2.05) is 37.3 Å². The minimum absolute atomic E-state index is 0.125. The Bertz CT molecular complexity index is 644. The smallest absolute Gasteiger partial charge is 0.243 e. The molecule has 0 atom stereocenters. The van der Waals surface area contributed by atoms with Crippen LogP contribution in [-0.4, -0.2) is 19.6 Å². The van der Waals surface area contributed by atoms with Gasteiger partial charge in [-0.15, -0.1) is 0 Å². The third-order valence-electron chi connectivity index (χ3n) is 2.99. The largest absolute Gasteiger partial charge is 0.495 e. The van der Waals surface area contributed by atoms with Crippen molar-refractivity contribution in [2.24, 2.45) is 0 Å². The zero-order valence-electron chi connectivity index (χ0n) is 11.9. The van der Waals surface area contributed by atoms with Crippen molar-refractivity contribution in [2.45, 2.75) is 6.92 Å². The highest BCUT2D eigenvalue weighted by molar-refractivity contribution is 9.10. The summed E-state index contributed by atoms with van der Waals surface area (Å²) >= 11 is 3.45. The van der Waals surface area contributed by atoms with Crippen LogP contribution in [0.25, 0.3) is 0 Å². The van der Waals surface area contributed by atoms with E-state index < -0.39 is 0 Å². The maximum Gasteiger partial charge on any atom is 0.243 e. The fraction of sp³-hybridized carbons (Fsp3) is 0.188. The van der Waals surface area contributed by atoms with Crippen molar-refractivity contribution in [3.63, 3.8) is 0 Å². The van der Waals surface area contributed by atoms with Gasteiger partial charge in [-0.1, -0.05) is 28.1 Å². The van der Waals surface area contributed by atoms with Crippen LogP contribution in [0.4, 0.5) is 11.4 Å². The molecule has 2 rings (SSSR count). The normalized spacial score (nSPS) is 10.0. The van der Waals surface area contributed by atoms with Crippen LogP contribution in [0.3, 0.4) is 0 Å². The summed E-state index contributed by atoms with van der Waals surface area (Å²) in [5.41, 5.74) is 2.69. The number of carbonyl (C=O) groups excluding carboxylic acids is 1. The van der Waals surface area contributed by atoms with Gasteiger partial charge in [0.05, 0.1) is 19.3 Å². The van der Waals surface area contributed by atoms with Gasteiger partial charge in [0.2, 0.25) is 5.91 Å². The lowest BCUT2D eigenvalue weighted by Gasteiger charge is -2.11. The summed E-state index contributed by atoms with van der Waals surface area (Å²) in [4.78, 5) is 12.0. The van der Waals surface area contributed by atoms with Crippen LogP contribution in [0.2, 0.25) is 0 Å². The van der Waals surface area contributed by atoms with Gasteiger partial charge in [-0.2, -0.15) is 0 Å². The zero-order valence-corrected chi connectivity index (χ0v) is 13.5. The minimum Gasteiger partial charge on any atom is -0.495 e. The van der Waals surface area contributed by atoms with Gasteiger partial charge >= 0.3 is 0 Å². The number of anilines is 2. The Morgan fingerprint density at radius 3 is 2.71 bits per heavy atom. The van der Waals surface area contributed by atoms with Gasteiger partial charge in [0, 0.05) is 10.2 Å². The molecule has 110 valence electrons.